The molecule has 0 amide bonds. The first-order valence-corrected chi connectivity index (χ1v) is 14.1. The highest BCUT2D eigenvalue weighted by molar-refractivity contribution is 5.96. The molecular weight excluding hydrogens is 486 g/mol. The number of nitrogens with one attached hydrogen (secondary N) is 3. The molecule has 7 rings (SSSR count). The minimum absolute atomic E-state index is 0.762. The Morgan fingerprint density at radius 3 is 2.74 bits per heavy atom. The smallest absolute Gasteiger partial charge is 0.159 e. The number of imidazole rings is 1. The van der Waals surface area contributed by atoms with Crippen molar-refractivity contribution < 1.29 is 0 Å². The van der Waals surface area contributed by atoms with Crippen LogP contribution in [0.25, 0.3) is 44.7 Å². The zero-order chi connectivity index (χ0) is 26.2. The fourth-order valence-corrected chi connectivity index (χ4v) is 6.05. The molecule has 4 aromatic heterocycles. The van der Waals surface area contributed by atoms with Gasteiger partial charge in [0.25, 0.3) is 0 Å². The molecule has 0 unspecified atom stereocenters. The average molecular weight is 522 g/mol. The molecule has 0 atom stereocenters. The summed E-state index contributed by atoms with van der Waals surface area (Å²) < 4.78 is 0. The Labute approximate surface area is 228 Å². The minimum atomic E-state index is 0.762. The van der Waals surface area contributed by atoms with E-state index < -0.39 is 0 Å². The molecule has 0 radical (unpaired) electrons. The van der Waals surface area contributed by atoms with Gasteiger partial charge in [-0.3, -0.25) is 15.1 Å². The van der Waals surface area contributed by atoms with Crippen molar-refractivity contribution in [3.05, 3.63) is 54.5 Å². The lowest BCUT2D eigenvalue weighted by molar-refractivity contribution is 0.313. The molecule has 1 aliphatic carbocycles. The summed E-state index contributed by atoms with van der Waals surface area (Å²) in [6.07, 6.45) is 11.1. The molecule has 1 saturated carbocycles. The highest BCUT2D eigenvalue weighted by Gasteiger charge is 2.20. The maximum absolute atomic E-state index is 5.05. The summed E-state index contributed by atoms with van der Waals surface area (Å²) >= 11 is 0. The van der Waals surface area contributed by atoms with Crippen LogP contribution in [-0.2, 0) is 6.54 Å². The van der Waals surface area contributed by atoms with Crippen LogP contribution in [0.2, 0.25) is 0 Å². The molecule has 9 heteroatoms. The van der Waals surface area contributed by atoms with Crippen molar-refractivity contribution in [3.63, 3.8) is 0 Å². The Bertz CT molecular complexity index is 1590. The Hall–Kier alpha value is -3.82. The average Bonchev–Trinajstić information content (AvgIpc) is 3.73. The molecule has 5 aromatic rings. The number of para-hydroxylation sites is 1. The number of pyridine rings is 2. The largest absolute Gasteiger partial charge is 0.367 e. The van der Waals surface area contributed by atoms with E-state index in [1.54, 1.807) is 0 Å². The summed E-state index contributed by atoms with van der Waals surface area (Å²) in [6.45, 7) is 6.02. The van der Waals surface area contributed by atoms with Crippen molar-refractivity contribution in [1.82, 2.24) is 40.3 Å². The monoisotopic (exact) mass is 521 g/mol. The molecule has 2 fully saturated rings. The normalized spacial score (nSPS) is 17.1. The number of nitrogens with zero attached hydrogens (tertiary/aromatic N) is 6. The van der Waals surface area contributed by atoms with Gasteiger partial charge < -0.3 is 20.1 Å². The van der Waals surface area contributed by atoms with Crippen LogP contribution in [0.5, 0.6) is 0 Å². The number of fused-ring (bicyclic) bond motifs is 2. The van der Waals surface area contributed by atoms with E-state index in [0.29, 0.717) is 0 Å². The van der Waals surface area contributed by atoms with E-state index in [-0.39, 0.29) is 0 Å². The van der Waals surface area contributed by atoms with Gasteiger partial charge in [0.05, 0.1) is 28.6 Å². The lowest BCUT2D eigenvalue weighted by Crippen LogP contribution is -2.44. The Morgan fingerprint density at radius 1 is 1.00 bits per heavy atom. The third kappa shape index (κ3) is 4.88. The van der Waals surface area contributed by atoms with Crippen LogP contribution in [0, 0.1) is 5.92 Å². The van der Waals surface area contributed by atoms with Crippen LogP contribution in [0.1, 0.15) is 31.2 Å². The molecule has 200 valence electrons. The molecule has 9 nitrogen and oxygen atoms in total. The molecule has 3 N–H and O–H groups in total. The number of aromatic nitrogens is 6. The van der Waals surface area contributed by atoms with Gasteiger partial charge in [-0.05, 0) is 62.2 Å². The molecule has 0 spiro atoms. The van der Waals surface area contributed by atoms with E-state index in [2.05, 4.69) is 72.7 Å². The van der Waals surface area contributed by atoms with Gasteiger partial charge in [-0.15, -0.1) is 0 Å². The number of rotatable bonds is 7. The lowest BCUT2D eigenvalue weighted by Gasteiger charge is -2.34. The predicted octanol–water partition coefficient (Wildman–Crippen LogP) is 4.59. The number of benzene rings is 1. The first kappa shape index (κ1) is 24.2. The van der Waals surface area contributed by atoms with E-state index in [1.165, 1.54) is 36.9 Å². The van der Waals surface area contributed by atoms with Crippen molar-refractivity contribution in [2.45, 2.75) is 32.2 Å². The SMILES string of the molecule is CN1CCN(c2cccc3[nH]c(-c4n[nH]c5cnc(-c6cncc(CNCC7CCCC7)c6)cc45)nc23)CC1. The zero-order valence-corrected chi connectivity index (χ0v) is 22.5. The van der Waals surface area contributed by atoms with E-state index in [1.807, 2.05) is 18.6 Å². The summed E-state index contributed by atoms with van der Waals surface area (Å²) in [4.78, 5) is 22.6. The molecular formula is C30H35N9. The van der Waals surface area contributed by atoms with Crippen LogP contribution >= 0.6 is 0 Å². The van der Waals surface area contributed by atoms with Crippen molar-refractivity contribution in [1.29, 1.82) is 0 Å². The Balaban J connectivity index is 1.17. The van der Waals surface area contributed by atoms with Gasteiger partial charge in [-0.1, -0.05) is 18.9 Å². The fourth-order valence-electron chi connectivity index (χ4n) is 6.05. The molecule has 1 saturated heterocycles. The summed E-state index contributed by atoms with van der Waals surface area (Å²) in [7, 11) is 2.18. The second-order valence-electron chi connectivity index (χ2n) is 11.1. The van der Waals surface area contributed by atoms with Crippen molar-refractivity contribution in [2.24, 2.45) is 5.92 Å². The van der Waals surface area contributed by atoms with Crippen molar-refractivity contribution >= 4 is 27.6 Å². The molecule has 1 aromatic carbocycles. The summed E-state index contributed by atoms with van der Waals surface area (Å²) in [5.41, 5.74) is 7.93. The van der Waals surface area contributed by atoms with Crippen molar-refractivity contribution in [2.75, 3.05) is 44.7 Å². The molecule has 5 heterocycles. The van der Waals surface area contributed by atoms with Crippen LogP contribution in [0.4, 0.5) is 5.69 Å². The fraction of sp³-hybridized carbons (Fsp3) is 0.400. The maximum Gasteiger partial charge on any atom is 0.159 e. The standard InChI is InChI=1S/C30H35N9/c1-38-9-11-39(12-10-38)27-8-4-7-24-29(27)35-30(34-24)28-23-14-25(33-19-26(23)36-37-28)22-13-21(17-32-18-22)16-31-15-20-5-2-3-6-20/h4,7-8,13-14,17-20,31H,2-3,5-6,9-12,15-16H2,1H3,(H,34,35)(H,36,37). The number of H-pyrrole nitrogens is 2. The molecule has 0 bridgehead atoms. The summed E-state index contributed by atoms with van der Waals surface area (Å²) in [6, 6.07) is 10.6. The quantitative estimate of drug-likeness (QED) is 0.288. The maximum atomic E-state index is 5.05. The predicted molar refractivity (Wildman–Crippen MR) is 156 cm³/mol. The van der Waals surface area contributed by atoms with Gasteiger partial charge in [0.15, 0.2) is 5.82 Å². The molecule has 1 aliphatic heterocycles. The van der Waals surface area contributed by atoms with Gasteiger partial charge >= 0.3 is 0 Å². The lowest BCUT2D eigenvalue weighted by atomic mass is 10.1. The second-order valence-corrected chi connectivity index (χ2v) is 11.1. The number of piperazine rings is 1. The highest BCUT2D eigenvalue weighted by atomic mass is 15.3. The van der Waals surface area contributed by atoms with Gasteiger partial charge in [-0.25, -0.2) is 4.98 Å². The van der Waals surface area contributed by atoms with Crippen molar-refractivity contribution in [3.8, 4) is 22.8 Å². The number of anilines is 1. The Morgan fingerprint density at radius 2 is 1.87 bits per heavy atom. The summed E-state index contributed by atoms with van der Waals surface area (Å²) in [5, 5.41) is 12.4. The third-order valence-corrected chi connectivity index (χ3v) is 8.33. The summed E-state index contributed by atoms with van der Waals surface area (Å²) in [5.74, 6) is 1.58. The molecule has 39 heavy (non-hydrogen) atoms. The first-order valence-electron chi connectivity index (χ1n) is 14.1. The number of likely N-dealkylation sites (N-methyl/N-ethyl adjacent to an activating group) is 1. The van der Waals surface area contributed by atoms with E-state index in [0.717, 1.165) is 89.9 Å². The van der Waals surface area contributed by atoms with Crippen LogP contribution in [-0.4, -0.2) is 74.8 Å². The second kappa shape index (κ2) is 10.4. The Kier molecular flexibility index (Phi) is 6.46. The van der Waals surface area contributed by atoms with E-state index in [9.17, 15) is 0 Å². The van der Waals surface area contributed by atoms with Crippen LogP contribution < -0.4 is 10.2 Å². The number of hydrogen-bond acceptors (Lipinski definition) is 7. The number of aromatic amines is 2. The minimum Gasteiger partial charge on any atom is -0.367 e. The first-order chi connectivity index (χ1) is 19.2. The highest BCUT2D eigenvalue weighted by Crippen LogP contribution is 2.32. The zero-order valence-electron chi connectivity index (χ0n) is 22.5. The van der Waals surface area contributed by atoms with E-state index >= 15 is 0 Å². The van der Waals surface area contributed by atoms with E-state index in [4.69, 9.17) is 9.97 Å². The van der Waals surface area contributed by atoms with Crippen LogP contribution in [0.15, 0.2) is 48.9 Å². The van der Waals surface area contributed by atoms with Gasteiger partial charge in [0.1, 0.15) is 11.2 Å². The van der Waals surface area contributed by atoms with Gasteiger partial charge in [0, 0.05) is 56.1 Å². The van der Waals surface area contributed by atoms with Crippen LogP contribution in [0.3, 0.4) is 0 Å². The number of hydrogen-bond donors (Lipinski definition) is 3. The molecule has 2 aliphatic rings. The topological polar surface area (TPSA) is 102 Å². The third-order valence-electron chi connectivity index (χ3n) is 8.33. The van der Waals surface area contributed by atoms with Gasteiger partial charge in [-0.2, -0.15) is 5.10 Å². The van der Waals surface area contributed by atoms with Gasteiger partial charge in [0.2, 0.25) is 0 Å².